The highest BCUT2D eigenvalue weighted by atomic mass is 31.2. The minimum atomic E-state index is -4.46. The zero-order valence-corrected chi connectivity index (χ0v) is 44.1. The molecule has 0 saturated heterocycles. The lowest BCUT2D eigenvalue weighted by Gasteiger charge is -2.20. The van der Waals surface area contributed by atoms with E-state index in [1.807, 2.05) is 34.6 Å². The quantitative estimate of drug-likeness (QED) is 0.0237. The molecular weight excluding hydrogens is 947 g/mol. The summed E-state index contributed by atoms with van der Waals surface area (Å²) >= 11 is 0. The Bertz CT molecular complexity index is 1850. The first kappa shape index (κ1) is 71.1. The van der Waals surface area contributed by atoms with Crippen LogP contribution >= 0.6 is 7.82 Å². The minimum absolute atomic E-state index is 0.0128. The van der Waals surface area contributed by atoms with Crippen molar-refractivity contribution in [2.24, 2.45) is 27.6 Å². The fourth-order valence-electron chi connectivity index (χ4n) is 3.40. The maximum Gasteiger partial charge on any atom is 0.469 e. The molecule has 23 heteroatoms. The standard InChI is InChI=1S/C16H20O6.C12H20O6.C8H17O6P.C6H12O2.C5H10O2/c1-4-16(2,3)15(20)22-10-9-21-14(19)12-8-6-5-7-11(12)13(17)18;1-4-12(2,3)11(16)18-8-7-17-10(15)6-5-9(13)14;1-4-8(2,3)7(9)13-5-6-14-15(10,11)12;1-4-6(2,3)5(7)8;1-3-4(2)5(6)7/h5-8H,4,9-10H2,1-3H3,(H,17,18);4-8H2,1-3H3,(H,13,14);4-6H2,1-3H3,(H2,10,11,12);4H2,1-3H3,(H,7,8);4H,3H2,1-2H3,(H,6,7). The van der Waals surface area contributed by atoms with Crippen LogP contribution in [0.4, 0.5) is 0 Å². The van der Waals surface area contributed by atoms with Crippen molar-refractivity contribution in [3.63, 3.8) is 0 Å². The van der Waals surface area contributed by atoms with Gasteiger partial charge in [-0.15, -0.1) is 0 Å². The Balaban J connectivity index is -0.000000412. The first-order valence-electron chi connectivity index (χ1n) is 22.5. The molecule has 0 amide bonds. The smallest absolute Gasteiger partial charge is 0.469 e. The second-order valence-electron chi connectivity index (χ2n) is 17.7. The average Bonchev–Trinajstić information content (AvgIpc) is 3.29. The molecule has 22 nitrogen and oxygen atoms in total. The Morgan fingerprint density at radius 3 is 1.17 bits per heavy atom. The number of aliphatic carboxylic acids is 3. The maximum atomic E-state index is 11.8. The Kier molecular flexibility index (Phi) is 36.2. The van der Waals surface area contributed by atoms with Gasteiger partial charge in [-0.2, -0.15) is 0 Å². The highest BCUT2D eigenvalue weighted by molar-refractivity contribution is 7.46. The number of hydrogen-bond acceptors (Lipinski definition) is 16. The number of carboxylic acid groups (broad SMARTS) is 4. The van der Waals surface area contributed by atoms with Gasteiger partial charge in [0.2, 0.25) is 0 Å². The van der Waals surface area contributed by atoms with Gasteiger partial charge in [0.05, 0.1) is 58.2 Å². The van der Waals surface area contributed by atoms with E-state index in [1.54, 1.807) is 68.4 Å². The lowest BCUT2D eigenvalue weighted by atomic mass is 9.91. The first-order chi connectivity index (χ1) is 32.0. The molecule has 404 valence electrons. The van der Waals surface area contributed by atoms with Crippen molar-refractivity contribution >= 4 is 61.5 Å². The van der Waals surface area contributed by atoms with Gasteiger partial charge < -0.3 is 53.9 Å². The molecule has 1 unspecified atom stereocenters. The highest BCUT2D eigenvalue weighted by Gasteiger charge is 2.29. The molecular formula is C47H79O22P. The van der Waals surface area contributed by atoms with E-state index in [0.717, 1.165) is 6.42 Å². The van der Waals surface area contributed by atoms with Gasteiger partial charge in [-0.1, -0.05) is 53.7 Å². The number of aromatic carboxylic acids is 1. The van der Waals surface area contributed by atoms with Gasteiger partial charge >= 0.3 is 61.5 Å². The number of phosphoric ester groups is 1. The van der Waals surface area contributed by atoms with Crippen molar-refractivity contribution in [2.75, 3.05) is 39.6 Å². The molecule has 0 aliphatic heterocycles. The van der Waals surface area contributed by atoms with Crippen LogP contribution in [-0.2, 0) is 66.3 Å². The summed E-state index contributed by atoms with van der Waals surface area (Å²) in [4.78, 5) is 115. The summed E-state index contributed by atoms with van der Waals surface area (Å²) in [7, 11) is -4.46. The Morgan fingerprint density at radius 2 is 0.886 bits per heavy atom. The molecule has 1 rings (SSSR count). The molecule has 0 radical (unpaired) electrons. The Hall–Kier alpha value is -5.44. The third-order valence-corrected chi connectivity index (χ3v) is 11.0. The van der Waals surface area contributed by atoms with Crippen LogP contribution < -0.4 is 0 Å². The van der Waals surface area contributed by atoms with E-state index in [0.29, 0.717) is 25.7 Å². The monoisotopic (exact) mass is 1030 g/mol. The minimum Gasteiger partial charge on any atom is -0.481 e. The van der Waals surface area contributed by atoms with E-state index in [4.69, 9.17) is 53.9 Å². The summed E-state index contributed by atoms with van der Waals surface area (Å²) in [6.07, 6.45) is 2.88. The molecule has 1 atom stereocenters. The molecule has 1 aromatic rings. The molecule has 0 aliphatic carbocycles. The summed E-state index contributed by atoms with van der Waals surface area (Å²) in [5.74, 6) is -6.34. The summed E-state index contributed by atoms with van der Waals surface area (Å²) in [5, 5.41) is 34.0. The average molecular weight is 1030 g/mol. The highest BCUT2D eigenvalue weighted by Crippen LogP contribution is 2.35. The van der Waals surface area contributed by atoms with E-state index < -0.39 is 71.3 Å². The van der Waals surface area contributed by atoms with Crippen LogP contribution in [-0.4, -0.2) is 124 Å². The molecule has 70 heavy (non-hydrogen) atoms. The van der Waals surface area contributed by atoms with E-state index in [9.17, 15) is 47.7 Å². The SMILES string of the molecule is CCC(C)(C)C(=O)O.CCC(C)(C)C(=O)OCCOC(=O)CCC(=O)O.CCC(C)(C)C(=O)OCCOC(=O)c1ccccc1C(=O)O.CCC(C)(C)C(=O)OCCOP(=O)(O)O.CCC(C)C(=O)O. The Labute approximate surface area is 411 Å². The number of benzene rings is 1. The molecule has 0 saturated carbocycles. The molecule has 0 spiro atoms. The summed E-state index contributed by atoms with van der Waals surface area (Å²) in [5.41, 5.74) is -2.41. The van der Waals surface area contributed by atoms with Crippen LogP contribution in [0.25, 0.3) is 0 Å². The Morgan fingerprint density at radius 1 is 0.529 bits per heavy atom. The van der Waals surface area contributed by atoms with Crippen molar-refractivity contribution in [1.29, 1.82) is 0 Å². The van der Waals surface area contributed by atoms with Gasteiger partial charge in [0.15, 0.2) is 0 Å². The van der Waals surface area contributed by atoms with Gasteiger partial charge in [-0.3, -0.25) is 38.1 Å². The third-order valence-electron chi connectivity index (χ3n) is 10.4. The number of carbonyl (C=O) groups is 9. The number of hydrogen-bond donors (Lipinski definition) is 6. The fraction of sp³-hybridized carbons (Fsp3) is 0.681. The maximum absolute atomic E-state index is 11.8. The number of ether oxygens (including phenoxy) is 5. The van der Waals surface area contributed by atoms with Crippen molar-refractivity contribution in [3.05, 3.63) is 35.4 Å². The van der Waals surface area contributed by atoms with Gasteiger partial charge in [-0.05, 0) is 99.6 Å². The van der Waals surface area contributed by atoms with Crippen LogP contribution in [0.15, 0.2) is 24.3 Å². The molecule has 0 heterocycles. The summed E-state index contributed by atoms with van der Waals surface area (Å²) < 4.78 is 38.8. The van der Waals surface area contributed by atoms with E-state index in [-0.39, 0.29) is 81.5 Å². The summed E-state index contributed by atoms with van der Waals surface area (Å²) in [6.45, 7) is 24.3. The van der Waals surface area contributed by atoms with Gasteiger partial charge in [0.25, 0.3) is 0 Å². The van der Waals surface area contributed by atoms with Crippen LogP contribution in [0, 0.1) is 27.6 Å². The zero-order chi connectivity index (χ0) is 55.7. The van der Waals surface area contributed by atoms with Crippen LogP contribution in [0.1, 0.15) is 163 Å². The largest absolute Gasteiger partial charge is 0.481 e. The van der Waals surface area contributed by atoms with E-state index >= 15 is 0 Å². The zero-order valence-electron chi connectivity index (χ0n) is 43.2. The van der Waals surface area contributed by atoms with Crippen molar-refractivity contribution in [1.82, 2.24) is 0 Å². The second kappa shape index (κ2) is 35.6. The van der Waals surface area contributed by atoms with Gasteiger partial charge in [-0.25, -0.2) is 14.2 Å². The molecule has 0 fully saturated rings. The summed E-state index contributed by atoms with van der Waals surface area (Å²) in [6, 6.07) is 5.77. The van der Waals surface area contributed by atoms with Crippen LogP contribution in [0.3, 0.4) is 0 Å². The first-order valence-corrected chi connectivity index (χ1v) is 24.0. The second-order valence-corrected chi connectivity index (χ2v) is 19.0. The van der Waals surface area contributed by atoms with Gasteiger partial charge in [0, 0.05) is 0 Å². The lowest BCUT2D eigenvalue weighted by molar-refractivity contribution is -0.159. The van der Waals surface area contributed by atoms with Gasteiger partial charge in [0.1, 0.15) is 33.0 Å². The normalized spacial score (nSPS) is 11.5. The molecule has 0 aliphatic rings. The number of esters is 5. The van der Waals surface area contributed by atoms with Crippen molar-refractivity contribution in [2.45, 2.75) is 142 Å². The number of carboxylic acids is 4. The third kappa shape index (κ3) is 34.8. The topological polar surface area (TPSA) is 347 Å². The molecule has 6 N–H and O–H groups in total. The van der Waals surface area contributed by atoms with Crippen molar-refractivity contribution in [3.8, 4) is 0 Å². The van der Waals surface area contributed by atoms with E-state index in [2.05, 4.69) is 4.52 Å². The van der Waals surface area contributed by atoms with Crippen molar-refractivity contribution < 1.29 is 106 Å². The number of phosphoric acid groups is 1. The van der Waals surface area contributed by atoms with E-state index in [1.165, 1.54) is 18.2 Å². The lowest BCUT2D eigenvalue weighted by Crippen LogP contribution is -2.27. The molecule has 0 bridgehead atoms. The van der Waals surface area contributed by atoms with Crippen LogP contribution in [0.2, 0.25) is 0 Å². The number of rotatable bonds is 25. The predicted molar refractivity (Wildman–Crippen MR) is 253 cm³/mol. The van der Waals surface area contributed by atoms with Crippen LogP contribution in [0.5, 0.6) is 0 Å². The molecule has 0 aromatic heterocycles. The molecule has 1 aromatic carbocycles. The number of carbonyl (C=O) groups excluding carboxylic acids is 5. The fourth-order valence-corrected chi connectivity index (χ4v) is 3.71. The predicted octanol–water partition coefficient (Wildman–Crippen LogP) is 7.59.